The van der Waals surface area contributed by atoms with Gasteiger partial charge in [0.15, 0.2) is 0 Å². The highest BCUT2D eigenvalue weighted by Crippen LogP contribution is 2.28. The van der Waals surface area contributed by atoms with Gasteiger partial charge in [-0.2, -0.15) is 0 Å². The molecule has 1 atom stereocenters. The molecule has 112 valence electrons. The first-order valence-electron chi connectivity index (χ1n) is 6.50. The van der Waals surface area contributed by atoms with Gasteiger partial charge in [0.1, 0.15) is 5.75 Å². The third-order valence-corrected chi connectivity index (χ3v) is 3.16. The summed E-state index contributed by atoms with van der Waals surface area (Å²) < 4.78 is 45.6. The second-order valence-corrected chi connectivity index (χ2v) is 5.51. The van der Waals surface area contributed by atoms with Crippen molar-refractivity contribution in [1.29, 1.82) is 0 Å². The molecule has 0 amide bonds. The van der Waals surface area contributed by atoms with E-state index in [0.717, 1.165) is 18.5 Å². The monoisotopic (exact) mass is 289 g/mol. The van der Waals surface area contributed by atoms with Gasteiger partial charge in [-0.05, 0) is 51.0 Å². The number of hydrogen-bond acceptors (Lipinski definition) is 3. The van der Waals surface area contributed by atoms with Crippen LogP contribution in [0.25, 0.3) is 0 Å². The molecule has 1 heterocycles. The van der Waals surface area contributed by atoms with Crippen molar-refractivity contribution in [3.05, 3.63) is 24.3 Å². The molecule has 1 unspecified atom stereocenters. The average molecular weight is 289 g/mol. The lowest BCUT2D eigenvalue weighted by atomic mass is 9.94. The Morgan fingerprint density at radius 3 is 2.45 bits per heavy atom. The molecule has 1 aromatic carbocycles. The summed E-state index contributed by atoms with van der Waals surface area (Å²) in [5.74, 6) is -0.213. The quantitative estimate of drug-likeness (QED) is 0.913. The molecular formula is C14H18F3NO2. The first kappa shape index (κ1) is 15.0. The topological polar surface area (TPSA) is 30.5 Å². The minimum absolute atomic E-state index is 0.171. The summed E-state index contributed by atoms with van der Waals surface area (Å²) in [4.78, 5) is 0. The van der Waals surface area contributed by atoms with Gasteiger partial charge in [-0.15, -0.1) is 13.2 Å². The number of nitrogens with one attached hydrogen (secondary N) is 1. The molecule has 3 nitrogen and oxygen atoms in total. The highest BCUT2D eigenvalue weighted by Gasteiger charge is 2.31. The number of anilines is 1. The number of benzene rings is 1. The first-order chi connectivity index (χ1) is 9.23. The predicted molar refractivity (Wildman–Crippen MR) is 69.8 cm³/mol. The van der Waals surface area contributed by atoms with E-state index in [9.17, 15) is 13.2 Å². The Kier molecular flexibility index (Phi) is 4.13. The number of halogens is 3. The van der Waals surface area contributed by atoms with E-state index in [0.29, 0.717) is 6.61 Å². The molecule has 0 aromatic heterocycles. The van der Waals surface area contributed by atoms with Gasteiger partial charge in [0.05, 0.1) is 5.60 Å². The van der Waals surface area contributed by atoms with E-state index in [2.05, 4.69) is 10.1 Å². The van der Waals surface area contributed by atoms with Crippen molar-refractivity contribution in [2.24, 2.45) is 0 Å². The van der Waals surface area contributed by atoms with Crippen molar-refractivity contribution >= 4 is 5.69 Å². The van der Waals surface area contributed by atoms with Crippen LogP contribution in [0.5, 0.6) is 5.75 Å². The molecule has 0 radical (unpaired) electrons. The van der Waals surface area contributed by atoms with E-state index in [1.54, 1.807) is 12.1 Å². The van der Waals surface area contributed by atoms with E-state index in [4.69, 9.17) is 4.74 Å². The van der Waals surface area contributed by atoms with Crippen molar-refractivity contribution in [3.63, 3.8) is 0 Å². The molecule has 0 aliphatic carbocycles. The van der Waals surface area contributed by atoms with E-state index in [1.165, 1.54) is 12.1 Å². The Morgan fingerprint density at radius 2 is 1.90 bits per heavy atom. The third kappa shape index (κ3) is 4.59. The third-order valence-electron chi connectivity index (χ3n) is 3.16. The van der Waals surface area contributed by atoms with Crippen LogP contribution in [0.3, 0.4) is 0 Å². The van der Waals surface area contributed by atoms with Crippen LogP contribution in [0.4, 0.5) is 18.9 Å². The Balaban J connectivity index is 1.94. The zero-order valence-electron chi connectivity index (χ0n) is 11.5. The van der Waals surface area contributed by atoms with Crippen LogP contribution in [-0.4, -0.2) is 24.6 Å². The van der Waals surface area contributed by atoms with E-state index in [-0.39, 0.29) is 17.4 Å². The first-order valence-corrected chi connectivity index (χ1v) is 6.50. The summed E-state index contributed by atoms with van der Waals surface area (Å²) >= 11 is 0. The average Bonchev–Trinajstić information content (AvgIpc) is 2.28. The number of hydrogen-bond donors (Lipinski definition) is 1. The summed E-state index contributed by atoms with van der Waals surface area (Å²) in [6.45, 7) is 4.74. The molecular weight excluding hydrogens is 271 g/mol. The Morgan fingerprint density at radius 1 is 1.25 bits per heavy atom. The van der Waals surface area contributed by atoms with Crippen molar-refractivity contribution in [1.82, 2.24) is 0 Å². The van der Waals surface area contributed by atoms with Crippen LogP contribution in [0, 0.1) is 0 Å². The van der Waals surface area contributed by atoms with Crippen molar-refractivity contribution < 1.29 is 22.6 Å². The maximum absolute atomic E-state index is 12.0. The summed E-state index contributed by atoms with van der Waals surface area (Å²) in [5, 5.41) is 3.31. The lowest BCUT2D eigenvalue weighted by molar-refractivity contribution is -0.274. The van der Waals surface area contributed by atoms with Crippen molar-refractivity contribution in [3.8, 4) is 5.75 Å². The normalized spacial score (nSPS) is 22.4. The van der Waals surface area contributed by atoms with Crippen molar-refractivity contribution in [2.75, 3.05) is 11.9 Å². The highest BCUT2D eigenvalue weighted by atomic mass is 19.4. The fraction of sp³-hybridized carbons (Fsp3) is 0.571. The summed E-state index contributed by atoms with van der Waals surface area (Å²) in [6, 6.07) is 6.04. The molecule has 20 heavy (non-hydrogen) atoms. The Bertz CT molecular complexity index is 443. The van der Waals surface area contributed by atoms with Crippen LogP contribution in [0.15, 0.2) is 24.3 Å². The van der Waals surface area contributed by atoms with E-state index in [1.807, 2.05) is 13.8 Å². The molecule has 1 aliphatic heterocycles. The Hall–Kier alpha value is -1.43. The second-order valence-electron chi connectivity index (χ2n) is 5.51. The summed E-state index contributed by atoms with van der Waals surface area (Å²) in [6.07, 6.45) is -2.92. The summed E-state index contributed by atoms with van der Waals surface area (Å²) in [7, 11) is 0. The maximum atomic E-state index is 12.0. The largest absolute Gasteiger partial charge is 0.573 e. The highest BCUT2D eigenvalue weighted by molar-refractivity contribution is 5.47. The predicted octanol–water partition coefficient (Wildman–Crippen LogP) is 3.95. The smallest absolute Gasteiger partial charge is 0.406 e. The van der Waals surface area contributed by atoms with Gasteiger partial charge < -0.3 is 14.8 Å². The lowest BCUT2D eigenvalue weighted by Crippen LogP contribution is -2.40. The van der Waals surface area contributed by atoms with Crippen LogP contribution >= 0.6 is 0 Å². The maximum Gasteiger partial charge on any atom is 0.573 e. The van der Waals surface area contributed by atoms with E-state index >= 15 is 0 Å². The van der Waals surface area contributed by atoms with E-state index < -0.39 is 6.36 Å². The van der Waals surface area contributed by atoms with Crippen LogP contribution in [0.1, 0.15) is 26.7 Å². The SMILES string of the molecule is CC1(C)CC(Nc2ccc(OC(F)(F)F)cc2)CCO1. The molecule has 1 aliphatic rings. The molecule has 6 heteroatoms. The molecule has 1 fully saturated rings. The van der Waals surface area contributed by atoms with Crippen LogP contribution in [-0.2, 0) is 4.74 Å². The van der Waals surface area contributed by atoms with Gasteiger partial charge >= 0.3 is 6.36 Å². The van der Waals surface area contributed by atoms with Gasteiger partial charge in [0.25, 0.3) is 0 Å². The standard InChI is InChI=1S/C14H18F3NO2/c1-13(2)9-11(7-8-19-13)18-10-3-5-12(6-4-10)20-14(15,16)17/h3-6,11,18H,7-9H2,1-2H3. The molecule has 1 saturated heterocycles. The van der Waals surface area contributed by atoms with Crippen LogP contribution in [0.2, 0.25) is 0 Å². The lowest BCUT2D eigenvalue weighted by Gasteiger charge is -2.36. The molecule has 2 rings (SSSR count). The number of alkyl halides is 3. The van der Waals surface area contributed by atoms with Crippen molar-refractivity contribution in [2.45, 2.75) is 44.7 Å². The number of rotatable bonds is 3. The minimum atomic E-state index is -4.65. The summed E-state index contributed by atoms with van der Waals surface area (Å²) in [5.41, 5.74) is 0.608. The Labute approximate surface area is 116 Å². The molecule has 0 spiro atoms. The van der Waals surface area contributed by atoms with Gasteiger partial charge in [-0.1, -0.05) is 0 Å². The van der Waals surface area contributed by atoms with Gasteiger partial charge in [-0.3, -0.25) is 0 Å². The molecule has 0 saturated carbocycles. The molecule has 1 aromatic rings. The molecule has 1 N–H and O–H groups in total. The zero-order chi connectivity index (χ0) is 14.8. The van der Waals surface area contributed by atoms with Gasteiger partial charge in [0.2, 0.25) is 0 Å². The fourth-order valence-electron chi connectivity index (χ4n) is 2.34. The minimum Gasteiger partial charge on any atom is -0.406 e. The zero-order valence-corrected chi connectivity index (χ0v) is 11.5. The van der Waals surface area contributed by atoms with Gasteiger partial charge in [0, 0.05) is 18.3 Å². The second kappa shape index (κ2) is 5.52. The molecule has 0 bridgehead atoms. The fourth-order valence-corrected chi connectivity index (χ4v) is 2.34. The van der Waals surface area contributed by atoms with Crippen LogP contribution < -0.4 is 10.1 Å². The number of ether oxygens (including phenoxy) is 2. The van der Waals surface area contributed by atoms with Gasteiger partial charge in [-0.25, -0.2) is 0 Å².